The van der Waals surface area contributed by atoms with Crippen LogP contribution >= 0.6 is 0 Å². The second-order valence-corrected chi connectivity index (χ2v) is 5.92. The van der Waals surface area contributed by atoms with Crippen molar-refractivity contribution in [3.05, 3.63) is 23.4 Å². The van der Waals surface area contributed by atoms with Crippen molar-refractivity contribution in [1.29, 1.82) is 0 Å². The summed E-state index contributed by atoms with van der Waals surface area (Å²) in [5, 5.41) is 0. The predicted molar refractivity (Wildman–Crippen MR) is 101 cm³/mol. The highest BCUT2D eigenvalue weighted by Crippen LogP contribution is 2.12. The molecule has 1 saturated heterocycles. The number of hydrogen-bond acceptors (Lipinski definition) is 3. The average molecular weight is 353 g/mol. The number of aliphatic imine (C=N–C) groups is 1. The van der Waals surface area contributed by atoms with Gasteiger partial charge < -0.3 is 9.80 Å². The van der Waals surface area contributed by atoms with Gasteiger partial charge >= 0.3 is 0 Å². The summed E-state index contributed by atoms with van der Waals surface area (Å²) < 4.78 is 13.4. The lowest BCUT2D eigenvalue weighted by atomic mass is 10.2. The van der Waals surface area contributed by atoms with Crippen molar-refractivity contribution in [2.24, 2.45) is 4.99 Å². The van der Waals surface area contributed by atoms with E-state index in [9.17, 15) is 14.0 Å². The standard InChI is InChI=1S/C16H24FN3O2.C3H8/c1-5-12(3)11-14(18-4)16(22)20-9-7-19(8-10-20)15(21)13(17)6-2;1-3-2/h5,11,13H,4,6-10H2,1-3H3;3H2,1-2H3/b12-5-,14-11-;. The number of allylic oxidation sites excluding steroid dienone is 3. The van der Waals surface area contributed by atoms with E-state index in [1.54, 1.807) is 17.9 Å². The highest BCUT2D eigenvalue weighted by atomic mass is 19.1. The zero-order chi connectivity index (χ0) is 19.4. The summed E-state index contributed by atoms with van der Waals surface area (Å²) in [5.41, 5.74) is 1.21. The summed E-state index contributed by atoms with van der Waals surface area (Å²) >= 11 is 0. The van der Waals surface area contributed by atoms with Gasteiger partial charge in [0.05, 0.1) is 0 Å². The third-order valence-corrected chi connectivity index (χ3v) is 3.71. The second kappa shape index (κ2) is 12.4. The van der Waals surface area contributed by atoms with Crippen LogP contribution in [0.3, 0.4) is 0 Å². The molecule has 0 N–H and O–H groups in total. The third kappa shape index (κ3) is 7.63. The van der Waals surface area contributed by atoms with E-state index in [1.807, 2.05) is 19.9 Å². The molecule has 2 amide bonds. The minimum Gasteiger partial charge on any atom is -0.337 e. The first-order valence-electron chi connectivity index (χ1n) is 8.89. The molecule has 0 bridgehead atoms. The van der Waals surface area contributed by atoms with Gasteiger partial charge in [0.1, 0.15) is 5.70 Å². The topological polar surface area (TPSA) is 53.0 Å². The van der Waals surface area contributed by atoms with Gasteiger partial charge in [0, 0.05) is 26.2 Å². The van der Waals surface area contributed by atoms with Gasteiger partial charge in [-0.25, -0.2) is 4.39 Å². The molecule has 0 spiro atoms. The Labute approximate surface area is 151 Å². The molecule has 0 aromatic heterocycles. The quantitative estimate of drug-likeness (QED) is 0.432. The van der Waals surface area contributed by atoms with Crippen molar-refractivity contribution in [1.82, 2.24) is 9.80 Å². The van der Waals surface area contributed by atoms with Crippen LogP contribution in [-0.2, 0) is 9.59 Å². The number of nitrogens with zero attached hydrogens (tertiary/aromatic N) is 3. The van der Waals surface area contributed by atoms with Crippen LogP contribution in [0, 0.1) is 0 Å². The number of piperazine rings is 1. The van der Waals surface area contributed by atoms with Gasteiger partial charge in [-0.2, -0.15) is 0 Å². The molecule has 1 aliphatic rings. The van der Waals surface area contributed by atoms with Crippen LogP contribution in [-0.4, -0.2) is 60.7 Å². The maximum absolute atomic E-state index is 13.4. The molecule has 0 aromatic rings. The summed E-state index contributed by atoms with van der Waals surface area (Å²) in [5.74, 6) is -0.701. The Balaban J connectivity index is 0.00000178. The normalized spacial score (nSPS) is 16.7. The SMILES string of the molecule is C=N/C(=C\C(C)=C/C)C(=O)N1CCN(C(=O)C(F)CC)CC1.CCC. The molecule has 6 heteroatoms. The fourth-order valence-corrected chi connectivity index (χ4v) is 2.14. The fourth-order valence-electron chi connectivity index (χ4n) is 2.14. The second-order valence-electron chi connectivity index (χ2n) is 5.92. The van der Waals surface area contributed by atoms with Gasteiger partial charge in [0.15, 0.2) is 6.17 Å². The lowest BCUT2D eigenvalue weighted by Gasteiger charge is -2.35. The third-order valence-electron chi connectivity index (χ3n) is 3.71. The number of amides is 2. The minimum absolute atomic E-state index is 0.174. The van der Waals surface area contributed by atoms with Gasteiger partial charge in [-0.1, -0.05) is 38.8 Å². The summed E-state index contributed by atoms with van der Waals surface area (Å²) in [7, 11) is 0. The number of carbonyl (C=O) groups excluding carboxylic acids is 2. The Morgan fingerprint density at radius 3 is 2.04 bits per heavy atom. The molecule has 1 aliphatic heterocycles. The summed E-state index contributed by atoms with van der Waals surface area (Å²) in [6, 6.07) is 0. The zero-order valence-corrected chi connectivity index (χ0v) is 16.2. The van der Waals surface area contributed by atoms with Crippen LogP contribution < -0.4 is 0 Å². The van der Waals surface area contributed by atoms with Crippen molar-refractivity contribution in [2.75, 3.05) is 26.2 Å². The Bertz CT molecular complexity index is 507. The van der Waals surface area contributed by atoms with Crippen LogP contribution in [0.25, 0.3) is 0 Å². The van der Waals surface area contributed by atoms with E-state index in [0.29, 0.717) is 26.2 Å². The number of halogens is 1. The monoisotopic (exact) mass is 353 g/mol. The maximum atomic E-state index is 13.4. The lowest BCUT2D eigenvalue weighted by molar-refractivity contribution is -0.141. The molecule has 0 radical (unpaired) electrons. The molecule has 1 unspecified atom stereocenters. The van der Waals surface area contributed by atoms with E-state index in [1.165, 1.54) is 11.3 Å². The summed E-state index contributed by atoms with van der Waals surface area (Å²) in [6.45, 7) is 14.5. The first-order valence-corrected chi connectivity index (χ1v) is 8.89. The molecule has 0 aliphatic carbocycles. The number of carbonyl (C=O) groups is 2. The van der Waals surface area contributed by atoms with Gasteiger partial charge in [-0.05, 0) is 33.1 Å². The Hall–Kier alpha value is -1.98. The Kier molecular flexibility index (Phi) is 11.4. The molecule has 142 valence electrons. The van der Waals surface area contributed by atoms with Crippen molar-refractivity contribution in [2.45, 2.75) is 53.6 Å². The van der Waals surface area contributed by atoms with Crippen molar-refractivity contribution in [3.63, 3.8) is 0 Å². The largest absolute Gasteiger partial charge is 0.337 e. The number of rotatable bonds is 5. The van der Waals surface area contributed by atoms with E-state index < -0.39 is 12.1 Å². The Morgan fingerprint density at radius 2 is 1.64 bits per heavy atom. The first kappa shape index (κ1) is 23.0. The molecule has 1 atom stereocenters. The minimum atomic E-state index is -1.45. The van der Waals surface area contributed by atoms with Crippen LogP contribution in [0.2, 0.25) is 0 Å². The smallest absolute Gasteiger partial charge is 0.272 e. The van der Waals surface area contributed by atoms with Crippen LogP contribution in [0.5, 0.6) is 0 Å². The van der Waals surface area contributed by atoms with Gasteiger partial charge in [-0.15, -0.1) is 0 Å². The number of hydrogen-bond donors (Lipinski definition) is 0. The van der Waals surface area contributed by atoms with Gasteiger partial charge in [0.2, 0.25) is 0 Å². The molecule has 5 nitrogen and oxygen atoms in total. The molecular formula is C19H32FN3O2. The molecular weight excluding hydrogens is 321 g/mol. The lowest BCUT2D eigenvalue weighted by Crippen LogP contribution is -2.52. The van der Waals surface area contributed by atoms with E-state index in [0.717, 1.165) is 5.57 Å². The van der Waals surface area contributed by atoms with E-state index in [2.05, 4.69) is 25.6 Å². The summed E-state index contributed by atoms with van der Waals surface area (Å²) in [4.78, 5) is 31.0. The maximum Gasteiger partial charge on any atom is 0.272 e. The summed E-state index contributed by atoms with van der Waals surface area (Å²) in [6.07, 6.45) is 3.53. The van der Waals surface area contributed by atoms with E-state index >= 15 is 0 Å². The Morgan fingerprint density at radius 1 is 1.16 bits per heavy atom. The first-order chi connectivity index (χ1) is 11.9. The van der Waals surface area contributed by atoms with Crippen LogP contribution in [0.1, 0.15) is 47.5 Å². The van der Waals surface area contributed by atoms with Crippen LogP contribution in [0.4, 0.5) is 4.39 Å². The molecule has 1 heterocycles. The van der Waals surface area contributed by atoms with Crippen molar-refractivity contribution in [3.8, 4) is 0 Å². The predicted octanol–water partition coefficient (Wildman–Crippen LogP) is 3.37. The van der Waals surface area contributed by atoms with Gasteiger partial charge in [0.25, 0.3) is 11.8 Å². The highest BCUT2D eigenvalue weighted by Gasteiger charge is 2.28. The molecule has 0 saturated carbocycles. The van der Waals surface area contributed by atoms with E-state index in [-0.39, 0.29) is 18.0 Å². The molecule has 25 heavy (non-hydrogen) atoms. The highest BCUT2D eigenvalue weighted by molar-refractivity contribution is 5.94. The zero-order valence-electron chi connectivity index (χ0n) is 16.2. The van der Waals surface area contributed by atoms with Crippen molar-refractivity contribution < 1.29 is 14.0 Å². The van der Waals surface area contributed by atoms with Crippen molar-refractivity contribution >= 4 is 18.5 Å². The van der Waals surface area contributed by atoms with Crippen LogP contribution in [0.15, 0.2) is 28.4 Å². The van der Waals surface area contributed by atoms with Gasteiger partial charge in [-0.3, -0.25) is 14.6 Å². The van der Waals surface area contributed by atoms with E-state index in [4.69, 9.17) is 0 Å². The fraction of sp³-hybridized carbons (Fsp3) is 0.632. The average Bonchev–Trinajstić information content (AvgIpc) is 2.64. The molecule has 1 fully saturated rings. The number of alkyl halides is 1. The molecule has 1 rings (SSSR count). The molecule has 0 aromatic carbocycles.